The van der Waals surface area contributed by atoms with E-state index in [1.807, 2.05) is 30.1 Å². The largest absolute Gasteiger partial charge is 0.493 e. The van der Waals surface area contributed by atoms with Gasteiger partial charge >= 0.3 is 0 Å². The lowest BCUT2D eigenvalue weighted by molar-refractivity contribution is -0.136. The fourth-order valence-electron chi connectivity index (χ4n) is 4.18. The molecule has 1 atom stereocenters. The van der Waals surface area contributed by atoms with E-state index in [0.717, 1.165) is 56.0 Å². The van der Waals surface area contributed by atoms with Crippen LogP contribution in [0.1, 0.15) is 29.5 Å². The fourth-order valence-corrected chi connectivity index (χ4v) is 4.18. The monoisotopic (exact) mass is 410 g/mol. The summed E-state index contributed by atoms with van der Waals surface area (Å²) in [6.07, 6.45) is 2.85. The predicted molar refractivity (Wildman–Crippen MR) is 120 cm³/mol. The molecule has 1 aliphatic rings. The van der Waals surface area contributed by atoms with Crippen LogP contribution in [0.25, 0.3) is 0 Å². The van der Waals surface area contributed by atoms with Crippen LogP contribution < -0.4 is 9.47 Å². The minimum Gasteiger partial charge on any atom is -0.493 e. The molecule has 1 amide bonds. The van der Waals surface area contributed by atoms with Crippen LogP contribution in [0.15, 0.2) is 42.5 Å². The molecule has 5 nitrogen and oxygen atoms in total. The van der Waals surface area contributed by atoms with E-state index in [1.165, 1.54) is 11.1 Å². The molecule has 0 aromatic heterocycles. The fraction of sp³-hybridized carbons (Fsp3) is 0.480. The first kappa shape index (κ1) is 22.2. The number of likely N-dealkylation sites (N-methyl/N-ethyl adjacent to an activating group) is 1. The first-order valence-corrected chi connectivity index (χ1v) is 10.7. The van der Waals surface area contributed by atoms with Gasteiger partial charge in [0.05, 0.1) is 20.1 Å². The van der Waals surface area contributed by atoms with Crippen molar-refractivity contribution in [1.29, 1.82) is 0 Å². The second-order valence-electron chi connectivity index (χ2n) is 8.20. The van der Waals surface area contributed by atoms with E-state index >= 15 is 0 Å². The summed E-state index contributed by atoms with van der Waals surface area (Å²) < 4.78 is 10.7. The molecule has 30 heavy (non-hydrogen) atoms. The summed E-state index contributed by atoms with van der Waals surface area (Å²) in [6, 6.07) is 14.5. The summed E-state index contributed by atoms with van der Waals surface area (Å²) in [5, 5.41) is 0. The molecule has 0 spiro atoms. The maximum absolute atomic E-state index is 13.1. The van der Waals surface area contributed by atoms with Gasteiger partial charge in [-0.3, -0.25) is 9.69 Å². The van der Waals surface area contributed by atoms with Crippen molar-refractivity contribution in [2.24, 2.45) is 5.92 Å². The van der Waals surface area contributed by atoms with Crippen molar-refractivity contribution in [3.05, 3.63) is 59.2 Å². The second kappa shape index (κ2) is 10.5. The third-order valence-electron chi connectivity index (χ3n) is 6.07. The summed E-state index contributed by atoms with van der Waals surface area (Å²) in [5.41, 5.74) is 3.81. The Hall–Kier alpha value is -2.53. The number of rotatable bonds is 8. The Morgan fingerprint density at radius 2 is 1.90 bits per heavy atom. The number of hydrogen-bond acceptors (Lipinski definition) is 4. The molecule has 0 aliphatic carbocycles. The number of ether oxygens (including phenoxy) is 2. The van der Waals surface area contributed by atoms with Gasteiger partial charge in [-0.25, -0.2) is 0 Å². The van der Waals surface area contributed by atoms with Crippen molar-refractivity contribution in [2.45, 2.75) is 32.7 Å². The van der Waals surface area contributed by atoms with Crippen molar-refractivity contribution in [2.75, 3.05) is 40.9 Å². The number of carbonyl (C=O) groups is 1. The molecule has 1 saturated heterocycles. The van der Waals surface area contributed by atoms with E-state index in [4.69, 9.17) is 9.47 Å². The van der Waals surface area contributed by atoms with Crippen molar-refractivity contribution in [1.82, 2.24) is 9.80 Å². The van der Waals surface area contributed by atoms with Gasteiger partial charge in [-0.15, -0.1) is 0 Å². The lowest BCUT2D eigenvalue weighted by atomic mass is 9.95. The molecule has 0 radical (unpaired) electrons. The lowest BCUT2D eigenvalue weighted by Gasteiger charge is -2.34. The van der Waals surface area contributed by atoms with Crippen LogP contribution in [0.4, 0.5) is 0 Å². The Labute approximate surface area is 180 Å². The summed E-state index contributed by atoms with van der Waals surface area (Å²) in [4.78, 5) is 17.4. The van der Waals surface area contributed by atoms with Gasteiger partial charge in [-0.1, -0.05) is 30.3 Å². The lowest BCUT2D eigenvalue weighted by Crippen LogP contribution is -2.43. The van der Waals surface area contributed by atoms with Gasteiger partial charge in [0.15, 0.2) is 11.5 Å². The van der Waals surface area contributed by atoms with Crippen LogP contribution in [0.5, 0.6) is 11.5 Å². The molecule has 0 unspecified atom stereocenters. The first-order chi connectivity index (χ1) is 14.5. The molecule has 162 valence electrons. The van der Waals surface area contributed by atoms with E-state index in [2.05, 4.69) is 36.1 Å². The van der Waals surface area contributed by atoms with E-state index in [-0.39, 0.29) is 11.8 Å². The Morgan fingerprint density at radius 1 is 1.13 bits per heavy atom. The number of likely N-dealkylation sites (tertiary alicyclic amines) is 1. The highest BCUT2D eigenvalue weighted by atomic mass is 16.5. The van der Waals surface area contributed by atoms with Crippen LogP contribution in [-0.4, -0.2) is 56.6 Å². The summed E-state index contributed by atoms with van der Waals surface area (Å²) in [6.45, 7) is 5.68. The maximum Gasteiger partial charge on any atom is 0.226 e. The number of piperidine rings is 1. The number of aryl methyl sites for hydroxylation is 1. The molecule has 1 heterocycles. The molecule has 1 aliphatic heterocycles. The summed E-state index contributed by atoms with van der Waals surface area (Å²) in [5.74, 6) is 1.79. The van der Waals surface area contributed by atoms with E-state index in [0.29, 0.717) is 6.54 Å². The number of methoxy groups -OCH3 is 2. The topological polar surface area (TPSA) is 42.0 Å². The van der Waals surface area contributed by atoms with Crippen LogP contribution in [0, 0.1) is 12.8 Å². The van der Waals surface area contributed by atoms with Gasteiger partial charge in [0.25, 0.3) is 0 Å². The van der Waals surface area contributed by atoms with Gasteiger partial charge in [0, 0.05) is 26.7 Å². The number of benzene rings is 2. The van der Waals surface area contributed by atoms with Crippen molar-refractivity contribution < 1.29 is 14.3 Å². The third-order valence-corrected chi connectivity index (χ3v) is 6.07. The van der Waals surface area contributed by atoms with Gasteiger partial charge in [0.2, 0.25) is 5.91 Å². The molecule has 0 N–H and O–H groups in total. The van der Waals surface area contributed by atoms with E-state index in [1.54, 1.807) is 14.2 Å². The SMILES string of the molecule is COc1ccc(CCN(C)C(=O)[C@@H]2CCCN(Cc3ccccc3C)C2)cc1OC. The summed E-state index contributed by atoms with van der Waals surface area (Å²) in [7, 11) is 5.20. The van der Waals surface area contributed by atoms with Crippen LogP contribution in [0.3, 0.4) is 0 Å². The van der Waals surface area contributed by atoms with Crippen molar-refractivity contribution in [3.63, 3.8) is 0 Å². The zero-order chi connectivity index (χ0) is 21.5. The molecule has 2 aromatic rings. The molecule has 1 fully saturated rings. The van der Waals surface area contributed by atoms with Crippen LogP contribution in [0.2, 0.25) is 0 Å². The first-order valence-electron chi connectivity index (χ1n) is 10.7. The number of carbonyl (C=O) groups excluding carboxylic acids is 1. The Balaban J connectivity index is 1.54. The average molecular weight is 411 g/mol. The quantitative estimate of drug-likeness (QED) is 0.661. The third kappa shape index (κ3) is 5.54. The van der Waals surface area contributed by atoms with E-state index < -0.39 is 0 Å². The molecule has 0 bridgehead atoms. The van der Waals surface area contributed by atoms with Gasteiger partial charge in [0.1, 0.15) is 0 Å². The molecular weight excluding hydrogens is 376 g/mol. The average Bonchev–Trinajstić information content (AvgIpc) is 2.78. The minimum absolute atomic E-state index is 0.0816. The Kier molecular flexibility index (Phi) is 7.75. The van der Waals surface area contributed by atoms with Crippen LogP contribution >= 0.6 is 0 Å². The second-order valence-corrected chi connectivity index (χ2v) is 8.20. The van der Waals surface area contributed by atoms with Gasteiger partial charge in [-0.05, 0) is 61.6 Å². The number of amides is 1. The number of nitrogens with zero attached hydrogens (tertiary/aromatic N) is 2. The normalized spacial score (nSPS) is 16.9. The maximum atomic E-state index is 13.1. The van der Waals surface area contributed by atoms with Crippen molar-refractivity contribution >= 4 is 5.91 Å². The Morgan fingerprint density at radius 3 is 2.63 bits per heavy atom. The smallest absolute Gasteiger partial charge is 0.226 e. The zero-order valence-electron chi connectivity index (χ0n) is 18.7. The molecule has 2 aromatic carbocycles. The van der Waals surface area contributed by atoms with Crippen molar-refractivity contribution in [3.8, 4) is 11.5 Å². The number of hydrogen-bond donors (Lipinski definition) is 0. The zero-order valence-corrected chi connectivity index (χ0v) is 18.7. The Bertz CT molecular complexity index is 852. The molecular formula is C25H34N2O3. The molecule has 5 heteroatoms. The van der Waals surface area contributed by atoms with E-state index in [9.17, 15) is 4.79 Å². The highest BCUT2D eigenvalue weighted by Gasteiger charge is 2.28. The molecule has 3 rings (SSSR count). The predicted octanol–water partition coefficient (Wildman–Crippen LogP) is 3.93. The summed E-state index contributed by atoms with van der Waals surface area (Å²) >= 11 is 0. The minimum atomic E-state index is 0.0816. The van der Waals surface area contributed by atoms with Crippen LogP contribution in [-0.2, 0) is 17.8 Å². The molecule has 0 saturated carbocycles. The highest BCUT2D eigenvalue weighted by molar-refractivity contribution is 5.79. The highest BCUT2D eigenvalue weighted by Crippen LogP contribution is 2.28. The van der Waals surface area contributed by atoms with Gasteiger partial charge < -0.3 is 14.4 Å². The van der Waals surface area contributed by atoms with Gasteiger partial charge in [-0.2, -0.15) is 0 Å². The standard InChI is InChI=1S/C25H34N2O3/c1-19-8-5-6-9-21(19)17-27-14-7-10-22(18-27)25(28)26(2)15-13-20-11-12-23(29-3)24(16-20)30-4/h5-6,8-9,11-12,16,22H,7,10,13-15,17-18H2,1-4H3/t22-/m1/s1.